The summed E-state index contributed by atoms with van der Waals surface area (Å²) in [5.41, 5.74) is 0.827. The van der Waals surface area contributed by atoms with Crippen molar-refractivity contribution < 1.29 is 5.11 Å². The SMILES string of the molecule is CNCC(O)c1cnn(C(C)C)c1Br. The first kappa shape index (κ1) is 11.7. The molecular formula is C9H16BrN3O. The smallest absolute Gasteiger partial charge is 0.110 e. The van der Waals surface area contributed by atoms with E-state index in [2.05, 4.69) is 26.3 Å². The van der Waals surface area contributed by atoms with Gasteiger partial charge in [0.15, 0.2) is 0 Å². The monoisotopic (exact) mass is 261 g/mol. The van der Waals surface area contributed by atoms with E-state index >= 15 is 0 Å². The fraction of sp³-hybridized carbons (Fsp3) is 0.667. The van der Waals surface area contributed by atoms with E-state index in [1.807, 2.05) is 25.6 Å². The Bertz CT molecular complexity index is 298. The van der Waals surface area contributed by atoms with Gasteiger partial charge in [0.2, 0.25) is 0 Å². The van der Waals surface area contributed by atoms with Crippen molar-refractivity contribution in [2.45, 2.75) is 26.0 Å². The molecule has 1 aromatic heterocycles. The van der Waals surface area contributed by atoms with Gasteiger partial charge in [-0.2, -0.15) is 5.10 Å². The van der Waals surface area contributed by atoms with Crippen LogP contribution in [-0.2, 0) is 0 Å². The molecule has 80 valence electrons. The van der Waals surface area contributed by atoms with Crippen LogP contribution in [0.25, 0.3) is 0 Å². The standard InChI is InChI=1S/C9H16BrN3O/c1-6(2)13-9(10)7(4-12-13)8(14)5-11-3/h4,6,8,11,14H,5H2,1-3H3. The van der Waals surface area contributed by atoms with Gasteiger partial charge in [-0.05, 0) is 36.8 Å². The van der Waals surface area contributed by atoms with E-state index in [-0.39, 0.29) is 0 Å². The minimum atomic E-state index is -0.512. The summed E-state index contributed by atoms with van der Waals surface area (Å²) in [4.78, 5) is 0. The summed E-state index contributed by atoms with van der Waals surface area (Å²) in [5.74, 6) is 0. The highest BCUT2D eigenvalue weighted by Gasteiger charge is 2.16. The van der Waals surface area contributed by atoms with Gasteiger partial charge in [0.05, 0.1) is 12.3 Å². The van der Waals surface area contributed by atoms with Gasteiger partial charge < -0.3 is 10.4 Å². The van der Waals surface area contributed by atoms with Crippen molar-refractivity contribution in [3.8, 4) is 0 Å². The average molecular weight is 262 g/mol. The van der Waals surface area contributed by atoms with E-state index in [0.717, 1.165) is 10.2 Å². The number of hydrogen-bond acceptors (Lipinski definition) is 3. The summed E-state index contributed by atoms with van der Waals surface area (Å²) in [5, 5.41) is 16.9. The fourth-order valence-electron chi connectivity index (χ4n) is 1.25. The van der Waals surface area contributed by atoms with Crippen molar-refractivity contribution in [2.75, 3.05) is 13.6 Å². The summed E-state index contributed by atoms with van der Waals surface area (Å²) in [6.07, 6.45) is 1.19. The molecule has 0 saturated carbocycles. The van der Waals surface area contributed by atoms with Crippen LogP contribution in [0.5, 0.6) is 0 Å². The molecule has 5 heteroatoms. The second-order valence-electron chi connectivity index (χ2n) is 3.50. The van der Waals surface area contributed by atoms with E-state index in [1.54, 1.807) is 6.20 Å². The molecule has 0 saturated heterocycles. The topological polar surface area (TPSA) is 50.1 Å². The minimum absolute atomic E-state index is 0.292. The van der Waals surface area contributed by atoms with Crippen LogP contribution in [0.4, 0.5) is 0 Å². The molecule has 0 aliphatic heterocycles. The van der Waals surface area contributed by atoms with E-state index in [4.69, 9.17) is 0 Å². The normalized spacial score (nSPS) is 13.6. The molecule has 0 radical (unpaired) electrons. The number of hydrogen-bond donors (Lipinski definition) is 2. The average Bonchev–Trinajstić information content (AvgIpc) is 2.47. The molecule has 1 rings (SSSR count). The Morgan fingerprint density at radius 1 is 1.64 bits per heavy atom. The fourth-order valence-corrected chi connectivity index (χ4v) is 2.12. The Balaban J connectivity index is 2.89. The second-order valence-corrected chi connectivity index (χ2v) is 4.25. The Labute approximate surface area is 92.4 Å². The molecule has 1 heterocycles. The van der Waals surface area contributed by atoms with Crippen molar-refractivity contribution in [1.29, 1.82) is 0 Å². The van der Waals surface area contributed by atoms with Gasteiger partial charge in [0.25, 0.3) is 0 Å². The van der Waals surface area contributed by atoms with E-state index in [9.17, 15) is 5.11 Å². The van der Waals surface area contributed by atoms with Gasteiger partial charge >= 0.3 is 0 Å². The first-order chi connectivity index (χ1) is 6.57. The minimum Gasteiger partial charge on any atom is -0.387 e. The Morgan fingerprint density at radius 3 is 2.71 bits per heavy atom. The third-order valence-corrected chi connectivity index (χ3v) is 2.83. The summed E-state index contributed by atoms with van der Waals surface area (Å²) < 4.78 is 2.70. The molecule has 0 spiro atoms. The molecule has 14 heavy (non-hydrogen) atoms. The third kappa shape index (κ3) is 2.34. The number of nitrogens with one attached hydrogen (secondary N) is 1. The molecule has 0 aliphatic rings. The lowest BCUT2D eigenvalue weighted by atomic mass is 10.2. The van der Waals surface area contributed by atoms with Crippen LogP contribution in [-0.4, -0.2) is 28.5 Å². The number of aromatic nitrogens is 2. The quantitative estimate of drug-likeness (QED) is 0.864. The van der Waals surface area contributed by atoms with E-state index in [0.29, 0.717) is 12.6 Å². The molecule has 2 N–H and O–H groups in total. The van der Waals surface area contributed by atoms with E-state index in [1.165, 1.54) is 0 Å². The molecule has 1 unspecified atom stereocenters. The van der Waals surface area contributed by atoms with Gasteiger partial charge in [0, 0.05) is 18.2 Å². The molecule has 0 aromatic carbocycles. The lowest BCUT2D eigenvalue weighted by Gasteiger charge is -2.10. The Hall–Kier alpha value is -0.390. The Morgan fingerprint density at radius 2 is 2.29 bits per heavy atom. The number of halogens is 1. The van der Waals surface area contributed by atoms with Crippen molar-refractivity contribution in [2.24, 2.45) is 0 Å². The first-order valence-electron chi connectivity index (χ1n) is 4.63. The summed E-state index contributed by atoms with van der Waals surface area (Å²) in [6.45, 7) is 4.63. The van der Waals surface area contributed by atoms with Crippen LogP contribution in [0.1, 0.15) is 31.6 Å². The molecule has 0 fully saturated rings. The Kier molecular flexibility index (Phi) is 4.10. The maximum Gasteiger partial charge on any atom is 0.110 e. The molecule has 0 bridgehead atoms. The second kappa shape index (κ2) is 4.91. The van der Waals surface area contributed by atoms with Crippen molar-refractivity contribution in [3.63, 3.8) is 0 Å². The van der Waals surface area contributed by atoms with E-state index < -0.39 is 6.10 Å². The van der Waals surface area contributed by atoms with Crippen LogP contribution < -0.4 is 5.32 Å². The maximum absolute atomic E-state index is 9.75. The number of aliphatic hydroxyl groups excluding tert-OH is 1. The van der Waals surface area contributed by atoms with Crippen molar-refractivity contribution >= 4 is 15.9 Å². The number of likely N-dealkylation sites (N-methyl/N-ethyl adjacent to an activating group) is 1. The summed E-state index contributed by atoms with van der Waals surface area (Å²) in [7, 11) is 1.81. The largest absolute Gasteiger partial charge is 0.387 e. The highest BCUT2D eigenvalue weighted by molar-refractivity contribution is 9.10. The van der Waals surface area contributed by atoms with Gasteiger partial charge in [-0.1, -0.05) is 0 Å². The summed E-state index contributed by atoms with van der Waals surface area (Å²) >= 11 is 3.44. The molecule has 1 atom stereocenters. The predicted octanol–water partition coefficient (Wildman–Crippen LogP) is 1.48. The molecule has 0 aliphatic carbocycles. The lowest BCUT2D eigenvalue weighted by Crippen LogP contribution is -2.16. The zero-order valence-electron chi connectivity index (χ0n) is 8.66. The number of nitrogens with zero attached hydrogens (tertiary/aromatic N) is 2. The molecule has 1 aromatic rings. The van der Waals surface area contributed by atoms with Gasteiger partial charge in [0.1, 0.15) is 4.60 Å². The van der Waals surface area contributed by atoms with Crippen molar-refractivity contribution in [3.05, 3.63) is 16.4 Å². The molecule has 0 amide bonds. The zero-order valence-corrected chi connectivity index (χ0v) is 10.2. The van der Waals surface area contributed by atoms with Crippen LogP contribution in [0.2, 0.25) is 0 Å². The number of rotatable bonds is 4. The first-order valence-corrected chi connectivity index (χ1v) is 5.42. The lowest BCUT2D eigenvalue weighted by molar-refractivity contribution is 0.177. The predicted molar refractivity (Wildman–Crippen MR) is 59.2 cm³/mol. The van der Waals surface area contributed by atoms with Gasteiger partial charge in [-0.3, -0.25) is 4.68 Å². The van der Waals surface area contributed by atoms with Crippen LogP contribution >= 0.6 is 15.9 Å². The molecular weight excluding hydrogens is 246 g/mol. The highest BCUT2D eigenvalue weighted by atomic mass is 79.9. The number of aliphatic hydroxyl groups is 1. The molecule has 4 nitrogen and oxygen atoms in total. The highest BCUT2D eigenvalue weighted by Crippen LogP contribution is 2.25. The summed E-state index contributed by atoms with van der Waals surface area (Å²) in [6, 6.07) is 0.292. The van der Waals surface area contributed by atoms with Gasteiger partial charge in [-0.25, -0.2) is 0 Å². The zero-order chi connectivity index (χ0) is 10.7. The maximum atomic E-state index is 9.75. The van der Waals surface area contributed by atoms with Crippen LogP contribution in [0.3, 0.4) is 0 Å². The van der Waals surface area contributed by atoms with Crippen LogP contribution in [0, 0.1) is 0 Å². The van der Waals surface area contributed by atoms with Gasteiger partial charge in [-0.15, -0.1) is 0 Å². The third-order valence-electron chi connectivity index (χ3n) is 2.01. The van der Waals surface area contributed by atoms with Crippen molar-refractivity contribution in [1.82, 2.24) is 15.1 Å². The van der Waals surface area contributed by atoms with Crippen LogP contribution in [0.15, 0.2) is 10.8 Å².